The van der Waals surface area contributed by atoms with Gasteiger partial charge in [-0.05, 0) is 24.9 Å². The third-order valence-electron chi connectivity index (χ3n) is 3.72. The molecule has 0 aliphatic carbocycles. The number of hydrogen-bond donors (Lipinski definition) is 2. The van der Waals surface area contributed by atoms with Crippen molar-refractivity contribution >= 4 is 17.5 Å². The van der Waals surface area contributed by atoms with Crippen molar-refractivity contribution in [1.82, 2.24) is 15.2 Å². The predicted molar refractivity (Wildman–Crippen MR) is 66.7 cm³/mol. The number of rotatable bonds is 2. The zero-order valence-corrected chi connectivity index (χ0v) is 10.5. The highest BCUT2D eigenvalue weighted by atomic mass is 35.5. The molecule has 2 saturated heterocycles. The lowest BCUT2D eigenvalue weighted by molar-refractivity contribution is 0.0919. The Kier molecular flexibility index (Phi) is 2.87. The molecule has 3 heterocycles. The van der Waals surface area contributed by atoms with E-state index in [4.69, 9.17) is 11.6 Å². The summed E-state index contributed by atoms with van der Waals surface area (Å²) >= 11 is 5.76. The molecule has 2 bridgehead atoms. The minimum Gasteiger partial charge on any atom is -0.505 e. The number of pyridine rings is 1. The Balaban J connectivity index is 1.69. The molecule has 2 N–H and O–H groups in total. The van der Waals surface area contributed by atoms with E-state index in [0.717, 1.165) is 26.1 Å². The zero-order chi connectivity index (χ0) is 12.7. The number of hydrogen-bond acceptors (Lipinski definition) is 4. The van der Waals surface area contributed by atoms with E-state index in [1.807, 2.05) is 0 Å². The van der Waals surface area contributed by atoms with Crippen LogP contribution in [0, 0.1) is 5.92 Å². The molecule has 0 aromatic carbocycles. The highest BCUT2D eigenvalue weighted by molar-refractivity contribution is 6.32. The lowest BCUT2D eigenvalue weighted by Gasteiger charge is -2.22. The molecule has 96 valence electrons. The average molecular weight is 268 g/mol. The first-order valence-corrected chi connectivity index (χ1v) is 6.39. The molecule has 18 heavy (non-hydrogen) atoms. The van der Waals surface area contributed by atoms with E-state index < -0.39 is 0 Å². The van der Waals surface area contributed by atoms with Gasteiger partial charge in [0.1, 0.15) is 5.69 Å². The summed E-state index contributed by atoms with van der Waals surface area (Å²) in [5, 5.41) is 12.4. The number of piperidine rings is 1. The van der Waals surface area contributed by atoms with E-state index in [-0.39, 0.29) is 28.4 Å². The van der Waals surface area contributed by atoms with Gasteiger partial charge < -0.3 is 15.3 Å². The van der Waals surface area contributed by atoms with Gasteiger partial charge in [-0.3, -0.25) is 4.79 Å². The van der Waals surface area contributed by atoms with Crippen LogP contribution < -0.4 is 5.32 Å². The molecule has 2 fully saturated rings. The molecule has 6 heteroatoms. The molecular formula is C12H14ClN3O2. The number of carbonyl (C=O) groups excluding carboxylic acids is 1. The lowest BCUT2D eigenvalue weighted by Crippen LogP contribution is -2.43. The predicted octanol–water partition coefficient (Wildman–Crippen LogP) is 0.874. The first-order valence-electron chi connectivity index (χ1n) is 6.01. The number of nitrogens with zero attached hydrogens (tertiary/aromatic N) is 2. The monoisotopic (exact) mass is 267 g/mol. The third kappa shape index (κ3) is 2.04. The van der Waals surface area contributed by atoms with Crippen molar-refractivity contribution in [2.24, 2.45) is 5.92 Å². The standard InChI is InChI=1S/C12H14ClN3O2/c13-8-3-9(14-4-11(8)17)12(18)15-10-6-16-2-1-7(10)5-16/h3-4,7,10,17H,1-2,5-6H2,(H,15,18). The lowest BCUT2D eigenvalue weighted by atomic mass is 10.00. The van der Waals surface area contributed by atoms with Crippen LogP contribution in [-0.4, -0.2) is 46.6 Å². The molecule has 3 atom stereocenters. The molecule has 1 aromatic rings. The van der Waals surface area contributed by atoms with Crippen molar-refractivity contribution in [2.75, 3.05) is 19.6 Å². The van der Waals surface area contributed by atoms with Crippen LogP contribution in [0.5, 0.6) is 5.75 Å². The maximum absolute atomic E-state index is 12.0. The summed E-state index contributed by atoms with van der Waals surface area (Å²) in [7, 11) is 0. The van der Waals surface area contributed by atoms with Gasteiger partial charge in [-0.2, -0.15) is 0 Å². The molecule has 0 saturated carbocycles. The highest BCUT2D eigenvalue weighted by Crippen LogP contribution is 2.28. The van der Waals surface area contributed by atoms with Crippen molar-refractivity contribution in [2.45, 2.75) is 12.5 Å². The summed E-state index contributed by atoms with van der Waals surface area (Å²) < 4.78 is 0. The van der Waals surface area contributed by atoms with Gasteiger partial charge in [-0.25, -0.2) is 4.98 Å². The van der Waals surface area contributed by atoms with Crippen LogP contribution in [-0.2, 0) is 0 Å². The van der Waals surface area contributed by atoms with Gasteiger partial charge in [0.05, 0.1) is 11.2 Å². The van der Waals surface area contributed by atoms with Crippen LogP contribution in [0.15, 0.2) is 12.3 Å². The molecule has 0 radical (unpaired) electrons. The first kappa shape index (κ1) is 11.7. The summed E-state index contributed by atoms with van der Waals surface area (Å²) in [6.45, 7) is 3.14. The van der Waals surface area contributed by atoms with Crippen molar-refractivity contribution in [3.8, 4) is 5.75 Å². The number of halogens is 1. The molecule has 1 aromatic heterocycles. The fraction of sp³-hybridized carbons (Fsp3) is 0.500. The smallest absolute Gasteiger partial charge is 0.270 e. The van der Waals surface area contributed by atoms with E-state index in [1.54, 1.807) is 0 Å². The van der Waals surface area contributed by atoms with E-state index in [9.17, 15) is 9.90 Å². The molecular weight excluding hydrogens is 254 g/mol. The number of amides is 1. The quantitative estimate of drug-likeness (QED) is 0.835. The Hall–Kier alpha value is -1.33. The van der Waals surface area contributed by atoms with Crippen LogP contribution in [0.3, 0.4) is 0 Å². The minimum absolute atomic E-state index is 0.112. The normalized spacial score (nSPS) is 29.5. The number of nitrogens with one attached hydrogen (secondary N) is 1. The summed E-state index contributed by atoms with van der Waals surface area (Å²) in [5.74, 6) is 0.219. The van der Waals surface area contributed by atoms with Gasteiger partial charge in [-0.1, -0.05) is 11.6 Å². The first-order chi connectivity index (χ1) is 8.63. The van der Waals surface area contributed by atoms with Crippen molar-refractivity contribution in [3.05, 3.63) is 23.0 Å². The van der Waals surface area contributed by atoms with E-state index in [0.29, 0.717) is 5.92 Å². The van der Waals surface area contributed by atoms with Gasteiger partial charge in [-0.15, -0.1) is 0 Å². The second kappa shape index (κ2) is 4.40. The molecule has 2 aliphatic heterocycles. The molecule has 2 aliphatic rings. The second-order valence-corrected chi connectivity index (χ2v) is 5.32. The van der Waals surface area contributed by atoms with Crippen molar-refractivity contribution < 1.29 is 9.90 Å². The summed E-state index contributed by atoms with van der Waals surface area (Å²) in [5.41, 5.74) is 0.246. The molecule has 3 unspecified atom stereocenters. The van der Waals surface area contributed by atoms with Crippen LogP contribution in [0.4, 0.5) is 0 Å². The Labute approximate surface area is 110 Å². The van der Waals surface area contributed by atoms with Crippen LogP contribution in [0.2, 0.25) is 5.02 Å². The van der Waals surface area contributed by atoms with Gasteiger partial charge in [0.15, 0.2) is 5.75 Å². The Bertz CT molecular complexity index is 494. The largest absolute Gasteiger partial charge is 0.505 e. The number of aromatic nitrogens is 1. The maximum atomic E-state index is 12.0. The Morgan fingerprint density at radius 2 is 2.39 bits per heavy atom. The van der Waals surface area contributed by atoms with Crippen LogP contribution >= 0.6 is 11.6 Å². The molecule has 5 nitrogen and oxygen atoms in total. The van der Waals surface area contributed by atoms with Crippen LogP contribution in [0.1, 0.15) is 16.9 Å². The number of carbonyl (C=O) groups is 1. The summed E-state index contributed by atoms with van der Waals surface area (Å²) in [4.78, 5) is 18.2. The van der Waals surface area contributed by atoms with E-state index in [1.165, 1.54) is 12.3 Å². The number of aromatic hydroxyl groups is 1. The summed E-state index contributed by atoms with van der Waals surface area (Å²) in [6.07, 6.45) is 2.34. The maximum Gasteiger partial charge on any atom is 0.270 e. The zero-order valence-electron chi connectivity index (χ0n) is 9.77. The molecule has 3 rings (SSSR count). The van der Waals surface area contributed by atoms with Gasteiger partial charge in [0.2, 0.25) is 0 Å². The Morgan fingerprint density at radius 1 is 1.56 bits per heavy atom. The second-order valence-electron chi connectivity index (χ2n) is 4.91. The van der Waals surface area contributed by atoms with Crippen molar-refractivity contribution in [1.29, 1.82) is 0 Å². The van der Waals surface area contributed by atoms with Gasteiger partial charge in [0, 0.05) is 19.1 Å². The molecule has 0 spiro atoms. The van der Waals surface area contributed by atoms with E-state index >= 15 is 0 Å². The fourth-order valence-corrected chi connectivity index (χ4v) is 2.89. The highest BCUT2D eigenvalue weighted by Gasteiger charge is 2.38. The topological polar surface area (TPSA) is 65.5 Å². The number of fused-ring (bicyclic) bond motifs is 2. The minimum atomic E-state index is -0.226. The van der Waals surface area contributed by atoms with Crippen LogP contribution in [0.25, 0.3) is 0 Å². The van der Waals surface area contributed by atoms with Gasteiger partial charge in [0.25, 0.3) is 5.91 Å². The Morgan fingerprint density at radius 3 is 3.00 bits per heavy atom. The summed E-state index contributed by atoms with van der Waals surface area (Å²) in [6, 6.07) is 1.60. The van der Waals surface area contributed by atoms with Crippen molar-refractivity contribution in [3.63, 3.8) is 0 Å². The fourth-order valence-electron chi connectivity index (χ4n) is 2.74. The average Bonchev–Trinajstić information content (AvgIpc) is 2.94. The SMILES string of the molecule is O=C(NC1CN2CCC1C2)c1cc(Cl)c(O)cn1. The van der Waals surface area contributed by atoms with E-state index in [2.05, 4.69) is 15.2 Å². The third-order valence-corrected chi connectivity index (χ3v) is 4.02. The van der Waals surface area contributed by atoms with Gasteiger partial charge >= 0.3 is 0 Å². The molecule has 1 amide bonds.